The summed E-state index contributed by atoms with van der Waals surface area (Å²) in [7, 11) is 0. The van der Waals surface area contributed by atoms with Crippen molar-refractivity contribution in [3.05, 3.63) is 0 Å². The normalized spacial score (nSPS) is 30.5. The summed E-state index contributed by atoms with van der Waals surface area (Å²) < 4.78 is 0. The second kappa shape index (κ2) is 4.49. The number of hydrogen-bond donors (Lipinski definition) is 2. The molecule has 15 heavy (non-hydrogen) atoms. The maximum Gasteiger partial charge on any atom is 0.227 e. The summed E-state index contributed by atoms with van der Waals surface area (Å²) in [5, 5.41) is 8.99. The van der Waals surface area contributed by atoms with Crippen LogP contribution in [0.25, 0.3) is 0 Å². The van der Waals surface area contributed by atoms with Crippen molar-refractivity contribution in [2.45, 2.75) is 44.2 Å². The van der Waals surface area contributed by atoms with Crippen molar-refractivity contribution < 1.29 is 9.90 Å². The Morgan fingerprint density at radius 1 is 1.40 bits per heavy atom. The second-order valence-corrected chi connectivity index (χ2v) is 4.70. The monoisotopic (exact) mass is 212 g/mol. The molecule has 0 aromatic rings. The summed E-state index contributed by atoms with van der Waals surface area (Å²) in [6.07, 6.45) is 5.42. The van der Waals surface area contributed by atoms with Crippen LogP contribution in [-0.2, 0) is 4.79 Å². The first kappa shape index (κ1) is 10.9. The van der Waals surface area contributed by atoms with E-state index in [1.165, 1.54) is 12.8 Å². The van der Waals surface area contributed by atoms with Crippen LogP contribution in [-0.4, -0.2) is 41.1 Å². The maximum atomic E-state index is 12.0. The fraction of sp³-hybridized carbons (Fsp3) is 0.909. The third-order valence-corrected chi connectivity index (χ3v) is 3.55. The Hall–Kier alpha value is -0.610. The molecule has 2 aliphatic carbocycles. The fourth-order valence-electron chi connectivity index (χ4n) is 2.51. The van der Waals surface area contributed by atoms with Gasteiger partial charge < -0.3 is 15.7 Å². The molecule has 86 valence electrons. The minimum Gasteiger partial charge on any atom is -0.395 e. The van der Waals surface area contributed by atoms with E-state index < -0.39 is 0 Å². The molecule has 2 unspecified atom stereocenters. The Morgan fingerprint density at radius 3 is 2.47 bits per heavy atom. The molecule has 0 aliphatic heterocycles. The first-order valence-electron chi connectivity index (χ1n) is 5.91. The fourth-order valence-corrected chi connectivity index (χ4v) is 2.51. The van der Waals surface area contributed by atoms with Crippen LogP contribution in [0.15, 0.2) is 0 Å². The van der Waals surface area contributed by atoms with Gasteiger partial charge in [-0.25, -0.2) is 0 Å². The van der Waals surface area contributed by atoms with E-state index in [2.05, 4.69) is 0 Å². The quantitative estimate of drug-likeness (QED) is 0.694. The zero-order chi connectivity index (χ0) is 10.8. The van der Waals surface area contributed by atoms with Gasteiger partial charge in [0.1, 0.15) is 0 Å². The molecule has 0 aromatic heterocycles. The largest absolute Gasteiger partial charge is 0.395 e. The molecular weight excluding hydrogens is 192 g/mol. The number of carbonyl (C=O) groups excluding carboxylic acids is 1. The molecule has 2 aliphatic rings. The van der Waals surface area contributed by atoms with Gasteiger partial charge in [0.2, 0.25) is 5.91 Å². The molecule has 1 amide bonds. The van der Waals surface area contributed by atoms with Gasteiger partial charge in [0.05, 0.1) is 12.5 Å². The zero-order valence-electron chi connectivity index (χ0n) is 9.06. The Bertz CT molecular complexity index is 239. The van der Waals surface area contributed by atoms with Gasteiger partial charge in [0.25, 0.3) is 0 Å². The zero-order valence-corrected chi connectivity index (χ0v) is 9.06. The Labute approximate surface area is 90.4 Å². The van der Waals surface area contributed by atoms with Crippen molar-refractivity contribution in [3.63, 3.8) is 0 Å². The molecule has 0 spiro atoms. The number of carbonyl (C=O) groups is 1. The predicted octanol–water partition coefficient (Wildman–Crippen LogP) is 0.0971. The summed E-state index contributed by atoms with van der Waals surface area (Å²) in [6, 6.07) is 0.428. The lowest BCUT2D eigenvalue weighted by Gasteiger charge is -2.28. The van der Waals surface area contributed by atoms with Crippen LogP contribution >= 0.6 is 0 Å². The molecular formula is C11H20N2O2. The topological polar surface area (TPSA) is 66.6 Å². The summed E-state index contributed by atoms with van der Waals surface area (Å²) in [5.41, 5.74) is 5.69. The average molecular weight is 212 g/mol. The molecule has 3 N–H and O–H groups in total. The molecule has 2 fully saturated rings. The van der Waals surface area contributed by atoms with Crippen LogP contribution in [0.2, 0.25) is 0 Å². The molecule has 2 saturated carbocycles. The minimum absolute atomic E-state index is 0.0390. The second-order valence-electron chi connectivity index (χ2n) is 4.70. The summed E-state index contributed by atoms with van der Waals surface area (Å²) in [6.45, 7) is 0.539. The van der Waals surface area contributed by atoms with Gasteiger partial charge in [-0.05, 0) is 19.3 Å². The van der Waals surface area contributed by atoms with Gasteiger partial charge in [-0.2, -0.15) is 0 Å². The van der Waals surface area contributed by atoms with Crippen molar-refractivity contribution in [2.24, 2.45) is 11.7 Å². The van der Waals surface area contributed by atoms with E-state index in [-0.39, 0.29) is 24.5 Å². The highest BCUT2D eigenvalue weighted by molar-refractivity contribution is 5.82. The van der Waals surface area contributed by atoms with E-state index in [1.54, 1.807) is 0 Å². The van der Waals surface area contributed by atoms with Crippen molar-refractivity contribution in [1.82, 2.24) is 4.90 Å². The lowest BCUT2D eigenvalue weighted by Crippen LogP contribution is -2.42. The highest BCUT2D eigenvalue weighted by Gasteiger charge is 2.43. The molecule has 2 atom stereocenters. The van der Waals surface area contributed by atoms with E-state index in [0.29, 0.717) is 12.6 Å². The SMILES string of the molecule is NC1CC1C(=O)N(CCO)C1CCCC1. The van der Waals surface area contributed by atoms with Crippen molar-refractivity contribution in [2.75, 3.05) is 13.2 Å². The van der Waals surface area contributed by atoms with Crippen LogP contribution < -0.4 is 5.73 Å². The van der Waals surface area contributed by atoms with Crippen LogP contribution in [0.4, 0.5) is 0 Å². The van der Waals surface area contributed by atoms with Crippen LogP contribution in [0.1, 0.15) is 32.1 Å². The number of nitrogens with zero attached hydrogens (tertiary/aromatic N) is 1. The van der Waals surface area contributed by atoms with E-state index in [4.69, 9.17) is 10.8 Å². The lowest BCUT2D eigenvalue weighted by atomic mass is 10.2. The Balaban J connectivity index is 1.95. The predicted molar refractivity (Wildman–Crippen MR) is 57.1 cm³/mol. The first-order chi connectivity index (χ1) is 7.24. The smallest absolute Gasteiger partial charge is 0.227 e. The Morgan fingerprint density at radius 2 is 2.00 bits per heavy atom. The van der Waals surface area contributed by atoms with E-state index in [9.17, 15) is 4.79 Å². The van der Waals surface area contributed by atoms with E-state index in [1.807, 2.05) is 4.90 Å². The van der Waals surface area contributed by atoms with Crippen LogP contribution in [0, 0.1) is 5.92 Å². The van der Waals surface area contributed by atoms with E-state index >= 15 is 0 Å². The van der Waals surface area contributed by atoms with Gasteiger partial charge in [-0.15, -0.1) is 0 Å². The standard InChI is InChI=1S/C11H20N2O2/c12-10-7-9(10)11(15)13(5-6-14)8-3-1-2-4-8/h8-10,14H,1-7,12H2. The minimum atomic E-state index is 0.0390. The molecule has 0 radical (unpaired) electrons. The number of hydrogen-bond acceptors (Lipinski definition) is 3. The van der Waals surface area contributed by atoms with Gasteiger partial charge in [-0.3, -0.25) is 4.79 Å². The first-order valence-corrected chi connectivity index (χ1v) is 5.91. The molecule has 0 saturated heterocycles. The summed E-state index contributed by atoms with van der Waals surface area (Å²) >= 11 is 0. The van der Waals surface area contributed by atoms with Crippen LogP contribution in [0.3, 0.4) is 0 Å². The van der Waals surface area contributed by atoms with Gasteiger partial charge in [0.15, 0.2) is 0 Å². The number of rotatable bonds is 4. The van der Waals surface area contributed by atoms with Crippen molar-refractivity contribution in [3.8, 4) is 0 Å². The molecule has 4 heteroatoms. The molecule has 0 aromatic carbocycles. The highest BCUT2D eigenvalue weighted by atomic mass is 16.3. The van der Waals surface area contributed by atoms with E-state index in [0.717, 1.165) is 19.3 Å². The number of nitrogens with two attached hydrogens (primary N) is 1. The third kappa shape index (κ3) is 2.32. The molecule has 2 rings (SSSR count). The van der Waals surface area contributed by atoms with Gasteiger partial charge in [0, 0.05) is 18.6 Å². The summed E-state index contributed by atoms with van der Waals surface area (Å²) in [5.74, 6) is 0.209. The summed E-state index contributed by atoms with van der Waals surface area (Å²) in [4.78, 5) is 13.9. The third-order valence-electron chi connectivity index (χ3n) is 3.55. The lowest BCUT2D eigenvalue weighted by molar-refractivity contribution is -0.135. The number of aliphatic hydroxyl groups is 1. The van der Waals surface area contributed by atoms with Crippen LogP contribution in [0.5, 0.6) is 0 Å². The molecule has 4 nitrogen and oxygen atoms in total. The van der Waals surface area contributed by atoms with Crippen molar-refractivity contribution >= 4 is 5.91 Å². The number of aliphatic hydroxyl groups excluding tert-OH is 1. The van der Waals surface area contributed by atoms with Gasteiger partial charge in [-0.1, -0.05) is 12.8 Å². The molecule has 0 bridgehead atoms. The maximum absolute atomic E-state index is 12.0. The highest BCUT2D eigenvalue weighted by Crippen LogP contribution is 2.33. The molecule has 0 heterocycles. The van der Waals surface area contributed by atoms with Crippen molar-refractivity contribution in [1.29, 1.82) is 0 Å². The Kier molecular flexibility index (Phi) is 3.26. The number of amides is 1. The van der Waals surface area contributed by atoms with Gasteiger partial charge >= 0.3 is 0 Å². The average Bonchev–Trinajstić information content (AvgIpc) is 2.76.